The Hall–Kier alpha value is -2.14. The first-order valence-corrected chi connectivity index (χ1v) is 8.74. The van der Waals surface area contributed by atoms with Crippen LogP contribution < -0.4 is 5.32 Å². The quantitative estimate of drug-likeness (QED) is 0.875. The monoisotopic (exact) mass is 362 g/mol. The number of allylic oxidation sites excluding steroid dienone is 2. The minimum atomic E-state index is -1.07. The lowest BCUT2D eigenvalue weighted by atomic mass is 10.1. The van der Waals surface area contributed by atoms with E-state index >= 15 is 0 Å². The largest absolute Gasteiger partial charge is 0.350 e. The first kappa shape index (κ1) is 17.7. The fraction of sp³-hybridized carbons (Fsp3) is 0.368. The Balaban J connectivity index is 1.61. The number of benzene rings is 1. The molecule has 2 amide bonds. The number of alkyl halides is 1. The number of hydrogen-bond acceptors (Lipinski definition) is 2. The molecule has 1 fully saturated rings. The first-order valence-electron chi connectivity index (χ1n) is 8.36. The smallest absolute Gasteiger partial charge is 0.243 e. The predicted molar refractivity (Wildman–Crippen MR) is 94.6 cm³/mol. The summed E-state index contributed by atoms with van der Waals surface area (Å²) in [5.74, 6) is -0.214. The van der Waals surface area contributed by atoms with Crippen molar-refractivity contribution in [3.8, 4) is 0 Å². The van der Waals surface area contributed by atoms with E-state index in [9.17, 15) is 14.0 Å². The van der Waals surface area contributed by atoms with Crippen molar-refractivity contribution in [2.45, 2.75) is 38.0 Å². The van der Waals surface area contributed by atoms with Gasteiger partial charge in [0.25, 0.3) is 0 Å². The van der Waals surface area contributed by atoms with Crippen LogP contribution in [0, 0.1) is 0 Å². The maximum Gasteiger partial charge on any atom is 0.243 e. The van der Waals surface area contributed by atoms with Crippen LogP contribution in [0.15, 0.2) is 53.1 Å². The van der Waals surface area contributed by atoms with Crippen LogP contribution in [0.2, 0.25) is 0 Å². The van der Waals surface area contributed by atoms with Crippen molar-refractivity contribution in [2.75, 3.05) is 6.54 Å². The summed E-state index contributed by atoms with van der Waals surface area (Å²) in [6, 6.07) is 9.13. The lowest BCUT2D eigenvalue weighted by Gasteiger charge is -2.24. The van der Waals surface area contributed by atoms with Crippen molar-refractivity contribution < 1.29 is 14.0 Å². The van der Waals surface area contributed by atoms with Crippen molar-refractivity contribution in [1.29, 1.82) is 0 Å². The molecule has 1 aliphatic heterocycles. The van der Waals surface area contributed by atoms with Gasteiger partial charge in [-0.3, -0.25) is 9.59 Å². The fourth-order valence-corrected chi connectivity index (χ4v) is 3.41. The second-order valence-electron chi connectivity index (χ2n) is 6.28. The van der Waals surface area contributed by atoms with Gasteiger partial charge in [-0.25, -0.2) is 4.39 Å². The highest BCUT2D eigenvalue weighted by Gasteiger charge is 2.35. The zero-order valence-electron chi connectivity index (χ0n) is 13.8. The summed E-state index contributed by atoms with van der Waals surface area (Å²) in [4.78, 5) is 26.3. The summed E-state index contributed by atoms with van der Waals surface area (Å²) in [7, 11) is 0. The second kappa shape index (κ2) is 7.83. The van der Waals surface area contributed by atoms with Crippen LogP contribution in [0.5, 0.6) is 0 Å². The predicted octanol–water partition coefficient (Wildman–Crippen LogP) is 3.08. The molecule has 3 rings (SSSR count). The molecule has 2 atom stereocenters. The first-order chi connectivity index (χ1) is 12.0. The van der Waals surface area contributed by atoms with E-state index in [2.05, 4.69) is 5.32 Å². The lowest BCUT2D eigenvalue weighted by molar-refractivity contribution is -0.135. The van der Waals surface area contributed by atoms with Crippen LogP contribution in [0.25, 0.3) is 0 Å². The van der Waals surface area contributed by atoms with E-state index in [0.717, 1.165) is 5.56 Å². The van der Waals surface area contributed by atoms with Crippen molar-refractivity contribution >= 4 is 23.4 Å². The fourth-order valence-electron chi connectivity index (χ4n) is 3.13. The van der Waals surface area contributed by atoms with E-state index in [4.69, 9.17) is 11.6 Å². The molecular formula is C19H20ClFN2O2. The summed E-state index contributed by atoms with van der Waals surface area (Å²) in [6.45, 7) is 0.662. The minimum absolute atomic E-state index is 0.0147. The molecule has 0 aromatic heterocycles. The highest BCUT2D eigenvalue weighted by molar-refractivity contribution is 6.32. The van der Waals surface area contributed by atoms with Gasteiger partial charge in [-0.05, 0) is 23.6 Å². The van der Waals surface area contributed by atoms with Crippen molar-refractivity contribution in [2.24, 2.45) is 0 Å². The van der Waals surface area contributed by atoms with Crippen LogP contribution in [0.1, 0.15) is 24.8 Å². The average Bonchev–Trinajstić information content (AvgIpc) is 2.96. The van der Waals surface area contributed by atoms with Gasteiger partial charge in [0.2, 0.25) is 11.8 Å². The Morgan fingerprint density at radius 2 is 2.08 bits per heavy atom. The average molecular weight is 363 g/mol. The van der Waals surface area contributed by atoms with E-state index in [0.29, 0.717) is 30.0 Å². The molecule has 132 valence electrons. The molecule has 0 bridgehead atoms. The number of halogens is 2. The van der Waals surface area contributed by atoms with Gasteiger partial charge < -0.3 is 10.2 Å². The molecule has 1 N–H and O–H groups in total. The van der Waals surface area contributed by atoms with Crippen LogP contribution in [0.3, 0.4) is 0 Å². The van der Waals surface area contributed by atoms with Gasteiger partial charge in [0, 0.05) is 31.0 Å². The Kier molecular flexibility index (Phi) is 5.53. The molecule has 0 saturated carbocycles. The van der Waals surface area contributed by atoms with Gasteiger partial charge in [-0.15, -0.1) is 0 Å². The third kappa shape index (κ3) is 4.28. The molecule has 0 spiro atoms. The van der Waals surface area contributed by atoms with Crippen LogP contribution in [-0.4, -0.2) is 35.5 Å². The Morgan fingerprint density at radius 3 is 2.80 bits per heavy atom. The molecule has 0 radical (unpaired) electrons. The third-order valence-electron chi connectivity index (χ3n) is 4.50. The number of rotatable bonds is 5. The molecule has 1 aliphatic carbocycles. The van der Waals surface area contributed by atoms with E-state index < -0.39 is 12.2 Å². The molecule has 1 aromatic carbocycles. The second-order valence-corrected chi connectivity index (χ2v) is 6.68. The van der Waals surface area contributed by atoms with Gasteiger partial charge >= 0.3 is 0 Å². The van der Waals surface area contributed by atoms with E-state index in [-0.39, 0.29) is 24.8 Å². The van der Waals surface area contributed by atoms with Crippen LogP contribution in [0.4, 0.5) is 4.39 Å². The van der Waals surface area contributed by atoms with Gasteiger partial charge in [0.05, 0.1) is 0 Å². The van der Waals surface area contributed by atoms with Crippen molar-refractivity contribution in [3.05, 3.63) is 58.7 Å². The Morgan fingerprint density at radius 1 is 1.32 bits per heavy atom. The number of nitrogens with one attached hydrogen (secondary N) is 1. The molecule has 6 heteroatoms. The molecule has 2 aliphatic rings. The number of likely N-dealkylation sites (tertiary alicyclic amines) is 1. The molecule has 1 aromatic rings. The topological polar surface area (TPSA) is 49.4 Å². The number of hydrogen-bond donors (Lipinski definition) is 1. The van der Waals surface area contributed by atoms with E-state index in [1.54, 1.807) is 11.0 Å². The summed E-state index contributed by atoms with van der Waals surface area (Å²) in [6.07, 6.45) is 3.13. The molecule has 1 heterocycles. The Labute approximate surface area is 151 Å². The Bertz CT molecular complexity index is 717. The summed E-state index contributed by atoms with van der Waals surface area (Å²) >= 11 is 6.02. The SMILES string of the molecule is O=C(NCC1=CCC(F)C=C1Cl)C1CCC(=O)N1Cc1ccccc1. The highest BCUT2D eigenvalue weighted by atomic mass is 35.5. The lowest BCUT2D eigenvalue weighted by Crippen LogP contribution is -2.44. The van der Waals surface area contributed by atoms with Gasteiger partial charge in [-0.2, -0.15) is 0 Å². The summed E-state index contributed by atoms with van der Waals surface area (Å²) in [5.41, 5.74) is 1.70. The van der Waals surface area contributed by atoms with Crippen molar-refractivity contribution in [1.82, 2.24) is 10.2 Å². The maximum atomic E-state index is 13.2. The number of carbonyl (C=O) groups is 2. The van der Waals surface area contributed by atoms with Crippen LogP contribution in [-0.2, 0) is 16.1 Å². The molecule has 4 nitrogen and oxygen atoms in total. The summed E-state index contributed by atoms with van der Waals surface area (Å²) in [5, 5.41) is 3.16. The molecule has 2 unspecified atom stereocenters. The zero-order chi connectivity index (χ0) is 17.8. The highest BCUT2D eigenvalue weighted by Crippen LogP contribution is 2.24. The van der Waals surface area contributed by atoms with E-state index in [1.165, 1.54) is 6.08 Å². The molecule has 1 saturated heterocycles. The number of nitrogens with zero attached hydrogens (tertiary/aromatic N) is 1. The number of carbonyl (C=O) groups excluding carboxylic acids is 2. The number of amides is 2. The van der Waals surface area contributed by atoms with Gasteiger partial charge in [-0.1, -0.05) is 48.0 Å². The van der Waals surface area contributed by atoms with E-state index in [1.807, 2.05) is 30.3 Å². The standard InChI is InChI=1S/C19H20ClFN2O2/c20-16-10-15(21)7-6-14(16)11-22-19(25)17-8-9-18(24)23(17)12-13-4-2-1-3-5-13/h1-6,10,15,17H,7-9,11-12H2,(H,22,25). The van der Waals surface area contributed by atoms with Gasteiger partial charge in [0.15, 0.2) is 0 Å². The third-order valence-corrected chi connectivity index (χ3v) is 4.87. The maximum absolute atomic E-state index is 13.2. The van der Waals surface area contributed by atoms with Crippen molar-refractivity contribution in [3.63, 3.8) is 0 Å². The zero-order valence-corrected chi connectivity index (χ0v) is 14.5. The normalized spacial score (nSPS) is 23.3. The van der Waals surface area contributed by atoms with Gasteiger partial charge in [0.1, 0.15) is 12.2 Å². The minimum Gasteiger partial charge on any atom is -0.350 e. The molecule has 25 heavy (non-hydrogen) atoms. The molecular weight excluding hydrogens is 343 g/mol. The van der Waals surface area contributed by atoms with Crippen LogP contribution >= 0.6 is 11.6 Å². The summed E-state index contributed by atoms with van der Waals surface area (Å²) < 4.78 is 13.2.